The fourth-order valence-corrected chi connectivity index (χ4v) is 2.78. The van der Waals surface area contributed by atoms with E-state index >= 15 is 0 Å². The van der Waals surface area contributed by atoms with Gasteiger partial charge >= 0.3 is 5.97 Å². The third-order valence-electron chi connectivity index (χ3n) is 3.00. The van der Waals surface area contributed by atoms with Crippen LogP contribution in [0.4, 0.5) is 4.39 Å². The normalized spacial score (nSPS) is 11.3. The lowest BCUT2D eigenvalue weighted by Crippen LogP contribution is -2.17. The monoisotopic (exact) mass is 388 g/mol. The number of rotatable bonds is 3. The predicted molar refractivity (Wildman–Crippen MR) is 112 cm³/mol. The average molecular weight is 389 g/mol. The van der Waals surface area contributed by atoms with Gasteiger partial charge in [-0.05, 0) is 18.1 Å². The van der Waals surface area contributed by atoms with Crippen molar-refractivity contribution in [2.75, 3.05) is 6.61 Å². The molecular formula is C21H29FO2Si2. The Labute approximate surface area is 159 Å². The lowest BCUT2D eigenvalue weighted by atomic mass is 10.1. The molecule has 0 radical (unpaired) electrons. The van der Waals surface area contributed by atoms with Crippen LogP contribution in [0.5, 0.6) is 0 Å². The van der Waals surface area contributed by atoms with E-state index in [9.17, 15) is 9.18 Å². The Morgan fingerprint density at radius 3 is 1.77 bits per heavy atom. The molecule has 0 bridgehead atoms. The van der Waals surface area contributed by atoms with E-state index in [4.69, 9.17) is 4.74 Å². The molecular weight excluding hydrogens is 359 g/mol. The summed E-state index contributed by atoms with van der Waals surface area (Å²) >= 11 is 0. The highest BCUT2D eigenvalue weighted by Gasteiger charge is 2.16. The van der Waals surface area contributed by atoms with Crippen molar-refractivity contribution in [2.24, 2.45) is 5.92 Å². The molecule has 0 aromatic heterocycles. The van der Waals surface area contributed by atoms with Gasteiger partial charge in [-0.2, -0.15) is 0 Å². The first kappa shape index (κ1) is 22.2. The van der Waals surface area contributed by atoms with Gasteiger partial charge in [-0.25, -0.2) is 9.18 Å². The van der Waals surface area contributed by atoms with Crippen LogP contribution in [0.1, 0.15) is 35.3 Å². The van der Waals surface area contributed by atoms with Gasteiger partial charge in [0, 0.05) is 0 Å². The molecule has 1 aromatic carbocycles. The van der Waals surface area contributed by atoms with Gasteiger partial charge in [-0.15, -0.1) is 11.1 Å². The van der Waals surface area contributed by atoms with E-state index in [1.54, 1.807) is 0 Å². The summed E-state index contributed by atoms with van der Waals surface area (Å²) in [7, 11) is -3.35. The molecule has 5 heteroatoms. The Hall–Kier alpha value is -1.83. The van der Waals surface area contributed by atoms with Gasteiger partial charge in [0.05, 0.1) is 23.3 Å². The zero-order valence-electron chi connectivity index (χ0n) is 17.1. The molecule has 0 spiro atoms. The summed E-state index contributed by atoms with van der Waals surface area (Å²) < 4.78 is 20.1. The summed E-state index contributed by atoms with van der Waals surface area (Å²) in [6.45, 7) is 16.8. The highest BCUT2D eigenvalue weighted by molar-refractivity contribution is 6.84. The van der Waals surface area contributed by atoms with Crippen LogP contribution in [0.2, 0.25) is 39.3 Å². The molecule has 0 saturated heterocycles. The van der Waals surface area contributed by atoms with Crippen LogP contribution in [0.15, 0.2) is 12.1 Å². The molecule has 0 saturated carbocycles. The van der Waals surface area contributed by atoms with Gasteiger partial charge in [-0.3, -0.25) is 0 Å². The first-order valence-electron chi connectivity index (χ1n) is 8.85. The topological polar surface area (TPSA) is 26.3 Å². The van der Waals surface area contributed by atoms with E-state index in [-0.39, 0.29) is 17.0 Å². The van der Waals surface area contributed by atoms with Crippen molar-refractivity contribution < 1.29 is 13.9 Å². The Balaban J connectivity index is 3.44. The molecule has 2 nitrogen and oxygen atoms in total. The van der Waals surface area contributed by atoms with Crippen molar-refractivity contribution in [3.05, 3.63) is 34.6 Å². The van der Waals surface area contributed by atoms with Crippen LogP contribution in [-0.2, 0) is 4.74 Å². The number of benzene rings is 1. The molecule has 0 N–H and O–H groups in total. The van der Waals surface area contributed by atoms with E-state index in [2.05, 4.69) is 62.2 Å². The van der Waals surface area contributed by atoms with Crippen LogP contribution in [0.25, 0.3) is 0 Å². The second-order valence-electron chi connectivity index (χ2n) is 8.88. The smallest absolute Gasteiger partial charge is 0.338 e. The minimum atomic E-state index is -1.68. The molecule has 1 aromatic rings. The Morgan fingerprint density at radius 1 is 1.00 bits per heavy atom. The number of carbonyl (C=O) groups excluding carboxylic acids is 1. The molecule has 0 fully saturated rings. The molecule has 0 unspecified atom stereocenters. The van der Waals surface area contributed by atoms with Gasteiger partial charge in [-0.1, -0.05) is 65.0 Å². The summed E-state index contributed by atoms with van der Waals surface area (Å²) in [6, 6.07) is 2.95. The first-order chi connectivity index (χ1) is 11.8. The van der Waals surface area contributed by atoms with Crippen molar-refractivity contribution in [3.63, 3.8) is 0 Å². The number of hydrogen-bond donors (Lipinski definition) is 0. The van der Waals surface area contributed by atoms with Gasteiger partial charge < -0.3 is 4.74 Å². The second-order valence-corrected chi connectivity index (χ2v) is 18.4. The molecule has 140 valence electrons. The lowest BCUT2D eigenvalue weighted by Gasteiger charge is -2.10. The highest BCUT2D eigenvalue weighted by atomic mass is 28.3. The van der Waals surface area contributed by atoms with Crippen molar-refractivity contribution in [3.8, 4) is 22.9 Å². The molecule has 0 amide bonds. The van der Waals surface area contributed by atoms with Gasteiger partial charge in [0.15, 0.2) is 5.82 Å². The zero-order chi connectivity index (χ0) is 20.1. The van der Waals surface area contributed by atoms with E-state index in [0.717, 1.165) is 0 Å². The lowest BCUT2D eigenvalue weighted by molar-refractivity contribution is 0.0459. The van der Waals surface area contributed by atoms with Crippen LogP contribution < -0.4 is 0 Å². The fourth-order valence-electron chi connectivity index (χ4n) is 1.76. The average Bonchev–Trinajstić information content (AvgIpc) is 2.48. The summed E-state index contributed by atoms with van der Waals surface area (Å²) in [6.07, 6.45) is 0. The van der Waals surface area contributed by atoms with E-state index < -0.39 is 27.9 Å². The molecule has 0 aliphatic rings. The summed E-state index contributed by atoms with van der Waals surface area (Å²) in [5.74, 6) is 5.16. The standard InChI is InChI=1S/C21H29FO2Si2/c1-16(2)15-24-21(23)19-13-17(9-11-25(3,4)5)20(22)18(14-19)10-12-26(6,7)8/h13-14,16H,15H2,1-8H3. The largest absolute Gasteiger partial charge is 0.462 e. The third-order valence-corrected chi connectivity index (χ3v) is 4.75. The van der Waals surface area contributed by atoms with Crippen molar-refractivity contribution in [2.45, 2.75) is 53.1 Å². The summed E-state index contributed by atoms with van der Waals surface area (Å²) in [5.41, 5.74) is 7.03. The minimum absolute atomic E-state index is 0.214. The molecule has 1 rings (SSSR count). The predicted octanol–water partition coefficient (Wildman–Crippen LogP) is 5.10. The van der Waals surface area contributed by atoms with E-state index in [0.29, 0.717) is 12.2 Å². The maximum atomic E-state index is 14.9. The highest BCUT2D eigenvalue weighted by Crippen LogP contribution is 2.17. The third kappa shape index (κ3) is 8.04. The minimum Gasteiger partial charge on any atom is -0.462 e. The quantitative estimate of drug-likeness (QED) is 0.409. The van der Waals surface area contributed by atoms with Gasteiger partial charge in [0.1, 0.15) is 16.1 Å². The van der Waals surface area contributed by atoms with Crippen LogP contribution in [-0.4, -0.2) is 28.7 Å². The molecule has 0 heterocycles. The second kappa shape index (κ2) is 8.71. The van der Waals surface area contributed by atoms with Crippen LogP contribution in [0.3, 0.4) is 0 Å². The fraction of sp³-hybridized carbons (Fsp3) is 0.476. The van der Waals surface area contributed by atoms with Gasteiger partial charge in [0.25, 0.3) is 0 Å². The summed E-state index contributed by atoms with van der Waals surface area (Å²) in [4.78, 5) is 12.3. The maximum Gasteiger partial charge on any atom is 0.338 e. The number of ether oxygens (including phenoxy) is 1. The van der Waals surface area contributed by atoms with E-state index in [1.807, 2.05) is 13.8 Å². The van der Waals surface area contributed by atoms with Gasteiger partial charge in [0.2, 0.25) is 0 Å². The number of esters is 1. The van der Waals surface area contributed by atoms with Crippen LogP contribution >= 0.6 is 0 Å². The molecule has 0 aliphatic heterocycles. The molecule has 26 heavy (non-hydrogen) atoms. The van der Waals surface area contributed by atoms with E-state index in [1.165, 1.54) is 12.1 Å². The first-order valence-corrected chi connectivity index (χ1v) is 15.9. The SMILES string of the molecule is CC(C)COC(=O)c1cc(C#C[Si](C)(C)C)c(F)c(C#C[Si](C)(C)C)c1. The maximum absolute atomic E-state index is 14.9. The van der Waals surface area contributed by atoms with Crippen molar-refractivity contribution >= 4 is 22.1 Å². The van der Waals surface area contributed by atoms with Crippen molar-refractivity contribution in [1.82, 2.24) is 0 Å². The Kier molecular flexibility index (Phi) is 7.44. The number of hydrogen-bond acceptors (Lipinski definition) is 2. The molecule has 0 aliphatic carbocycles. The Bertz CT molecular complexity index is 739. The molecule has 0 atom stereocenters. The Morgan fingerprint density at radius 2 is 1.42 bits per heavy atom. The van der Waals surface area contributed by atoms with Crippen molar-refractivity contribution in [1.29, 1.82) is 0 Å². The van der Waals surface area contributed by atoms with Crippen LogP contribution in [0, 0.1) is 34.7 Å². The number of halogens is 1. The zero-order valence-corrected chi connectivity index (χ0v) is 19.1. The summed E-state index contributed by atoms with van der Waals surface area (Å²) in [5, 5.41) is 0. The number of carbonyl (C=O) groups is 1.